The third kappa shape index (κ3) is 2.94. The van der Waals surface area contributed by atoms with Crippen LogP contribution in [0.15, 0.2) is 18.2 Å². The van der Waals surface area contributed by atoms with E-state index in [1.165, 1.54) is 0 Å². The summed E-state index contributed by atoms with van der Waals surface area (Å²) in [5.74, 6) is 0.629. The zero-order valence-electron chi connectivity index (χ0n) is 11.9. The summed E-state index contributed by atoms with van der Waals surface area (Å²) in [6.07, 6.45) is -0.117. The van der Waals surface area contributed by atoms with Crippen molar-refractivity contribution in [2.45, 2.75) is 19.6 Å². The minimum absolute atomic E-state index is 0.117. The van der Waals surface area contributed by atoms with E-state index in [2.05, 4.69) is 15.5 Å². The minimum Gasteiger partial charge on any atom is -0.398 e. The topological polar surface area (TPSA) is 88.1 Å². The average Bonchev–Trinajstić information content (AvgIpc) is 2.89. The largest absolute Gasteiger partial charge is 0.398 e. The van der Waals surface area contributed by atoms with Crippen LogP contribution in [0, 0.1) is 6.92 Å². The van der Waals surface area contributed by atoms with Crippen LogP contribution in [0.1, 0.15) is 5.56 Å². The summed E-state index contributed by atoms with van der Waals surface area (Å²) in [6, 6.07) is 5.79. The van der Waals surface area contributed by atoms with Crippen LogP contribution >= 0.6 is 0 Å². The quantitative estimate of drug-likeness (QED) is 0.789. The molecule has 0 aliphatic heterocycles. The number of aromatic nitrogens is 4. The number of anilines is 1. The third-order valence-corrected chi connectivity index (χ3v) is 3.16. The molecule has 0 radical (unpaired) electrons. The lowest BCUT2D eigenvalue weighted by molar-refractivity contribution is 0.0163. The lowest BCUT2D eigenvalue weighted by Crippen LogP contribution is -2.25. The van der Waals surface area contributed by atoms with Gasteiger partial charge in [-0.15, -0.1) is 5.10 Å². The Morgan fingerprint density at radius 2 is 2.15 bits per heavy atom. The monoisotopic (exact) mass is 277 g/mol. The molecule has 2 aromatic rings. The van der Waals surface area contributed by atoms with Crippen molar-refractivity contribution in [1.29, 1.82) is 0 Å². The number of benzene rings is 1. The molecule has 1 heterocycles. The fourth-order valence-corrected chi connectivity index (χ4v) is 1.97. The molecule has 1 atom stereocenters. The number of para-hydroxylation sites is 1. The molecule has 20 heavy (non-hydrogen) atoms. The molecule has 0 bridgehead atoms. The zero-order valence-corrected chi connectivity index (χ0v) is 11.9. The van der Waals surface area contributed by atoms with Gasteiger partial charge in [0, 0.05) is 25.5 Å². The Balaban J connectivity index is 2.30. The van der Waals surface area contributed by atoms with Gasteiger partial charge in [-0.25, -0.2) is 4.68 Å². The van der Waals surface area contributed by atoms with Gasteiger partial charge in [-0.05, 0) is 29.0 Å². The number of hydrogen-bond acceptors (Lipinski definition) is 6. The first-order valence-corrected chi connectivity index (χ1v) is 6.30. The fraction of sp³-hybridized carbons (Fsp3) is 0.462. The van der Waals surface area contributed by atoms with E-state index >= 15 is 0 Å². The van der Waals surface area contributed by atoms with Crippen LogP contribution in [0.2, 0.25) is 0 Å². The smallest absolute Gasteiger partial charge is 0.184 e. The number of tetrazole rings is 1. The van der Waals surface area contributed by atoms with Gasteiger partial charge < -0.3 is 15.2 Å². The van der Waals surface area contributed by atoms with E-state index in [9.17, 15) is 0 Å². The van der Waals surface area contributed by atoms with Crippen molar-refractivity contribution in [3.63, 3.8) is 0 Å². The molecule has 0 fully saturated rings. The molecule has 2 N–H and O–H groups in total. The number of nitrogens with zero attached hydrogens (tertiary/aromatic N) is 4. The number of methoxy groups -OCH3 is 2. The Kier molecular flexibility index (Phi) is 4.65. The van der Waals surface area contributed by atoms with Crippen molar-refractivity contribution in [2.24, 2.45) is 0 Å². The second kappa shape index (κ2) is 6.44. The van der Waals surface area contributed by atoms with E-state index in [4.69, 9.17) is 15.2 Å². The van der Waals surface area contributed by atoms with Gasteiger partial charge in [-0.3, -0.25) is 0 Å². The first-order chi connectivity index (χ1) is 9.67. The molecule has 0 amide bonds. The summed E-state index contributed by atoms with van der Waals surface area (Å²) < 4.78 is 12.1. The van der Waals surface area contributed by atoms with Crippen LogP contribution in [0.4, 0.5) is 5.69 Å². The van der Waals surface area contributed by atoms with Crippen LogP contribution in [-0.2, 0) is 16.0 Å². The summed E-state index contributed by atoms with van der Waals surface area (Å²) in [7, 11) is 3.26. The summed E-state index contributed by atoms with van der Waals surface area (Å²) in [4.78, 5) is 0. The molecule has 1 aromatic heterocycles. The van der Waals surface area contributed by atoms with Crippen molar-refractivity contribution in [3.8, 4) is 11.4 Å². The first kappa shape index (κ1) is 14.4. The Morgan fingerprint density at radius 1 is 1.35 bits per heavy atom. The minimum atomic E-state index is -0.117. The van der Waals surface area contributed by atoms with Gasteiger partial charge in [0.1, 0.15) is 6.10 Å². The van der Waals surface area contributed by atoms with Crippen LogP contribution in [0.25, 0.3) is 11.4 Å². The lowest BCUT2D eigenvalue weighted by atomic mass is 10.1. The van der Waals surface area contributed by atoms with Crippen molar-refractivity contribution in [2.75, 3.05) is 26.6 Å². The van der Waals surface area contributed by atoms with Gasteiger partial charge in [0.2, 0.25) is 0 Å². The second-order valence-electron chi connectivity index (χ2n) is 4.53. The summed E-state index contributed by atoms with van der Waals surface area (Å²) >= 11 is 0. The predicted octanol–water partition coefficient (Wildman–Crippen LogP) is 0.892. The molecule has 1 aromatic carbocycles. The second-order valence-corrected chi connectivity index (χ2v) is 4.53. The standard InChI is InChI=1S/C13H19N5O2/c1-9-5-4-6-11(12(9)14)13-15-16-17-18(13)7-10(20-3)8-19-2/h4-6,10H,7-8,14H2,1-3H3. The highest BCUT2D eigenvalue weighted by Crippen LogP contribution is 2.26. The van der Waals surface area contributed by atoms with E-state index in [-0.39, 0.29) is 6.10 Å². The van der Waals surface area contributed by atoms with E-state index in [0.717, 1.165) is 11.1 Å². The fourth-order valence-electron chi connectivity index (χ4n) is 1.97. The number of ether oxygens (including phenoxy) is 2. The van der Waals surface area contributed by atoms with Crippen molar-refractivity contribution >= 4 is 5.69 Å². The molecule has 108 valence electrons. The van der Waals surface area contributed by atoms with Crippen LogP contribution < -0.4 is 5.73 Å². The van der Waals surface area contributed by atoms with Crippen molar-refractivity contribution < 1.29 is 9.47 Å². The van der Waals surface area contributed by atoms with E-state index in [1.54, 1.807) is 18.9 Å². The van der Waals surface area contributed by atoms with Crippen LogP contribution in [0.3, 0.4) is 0 Å². The molecule has 1 unspecified atom stereocenters. The molecular weight excluding hydrogens is 258 g/mol. The summed E-state index contributed by atoms with van der Waals surface area (Å²) in [5.41, 5.74) is 8.60. The highest BCUT2D eigenvalue weighted by Gasteiger charge is 2.16. The maximum atomic E-state index is 6.10. The number of nitrogens with two attached hydrogens (primary N) is 1. The SMILES string of the molecule is COCC(Cn1nnnc1-c1cccc(C)c1N)OC. The number of hydrogen-bond donors (Lipinski definition) is 1. The molecule has 2 rings (SSSR count). The number of aryl methyl sites for hydroxylation is 1. The predicted molar refractivity (Wildman–Crippen MR) is 75.1 cm³/mol. The molecule has 7 nitrogen and oxygen atoms in total. The molecule has 7 heteroatoms. The summed E-state index contributed by atoms with van der Waals surface area (Å²) in [6.45, 7) is 2.93. The lowest BCUT2D eigenvalue weighted by Gasteiger charge is -2.15. The van der Waals surface area contributed by atoms with Crippen molar-refractivity contribution in [1.82, 2.24) is 20.2 Å². The number of rotatable bonds is 6. The normalized spacial score (nSPS) is 12.6. The average molecular weight is 277 g/mol. The maximum Gasteiger partial charge on any atom is 0.184 e. The van der Waals surface area contributed by atoms with Gasteiger partial charge in [-0.2, -0.15) is 0 Å². The van der Waals surface area contributed by atoms with Gasteiger partial charge in [0.05, 0.1) is 13.2 Å². The van der Waals surface area contributed by atoms with E-state index in [0.29, 0.717) is 24.7 Å². The third-order valence-electron chi connectivity index (χ3n) is 3.16. The number of nitrogen functional groups attached to an aromatic ring is 1. The Hall–Kier alpha value is -1.99. The molecule has 0 saturated heterocycles. The Bertz CT molecular complexity index is 570. The van der Waals surface area contributed by atoms with Crippen LogP contribution in [-0.4, -0.2) is 47.1 Å². The van der Waals surface area contributed by atoms with Gasteiger partial charge >= 0.3 is 0 Å². The summed E-state index contributed by atoms with van der Waals surface area (Å²) in [5, 5.41) is 11.8. The molecule has 0 spiro atoms. The van der Waals surface area contributed by atoms with Gasteiger partial charge in [0.25, 0.3) is 0 Å². The van der Waals surface area contributed by atoms with E-state index in [1.807, 2.05) is 25.1 Å². The highest BCUT2D eigenvalue weighted by molar-refractivity contribution is 5.73. The molecule has 0 aliphatic rings. The van der Waals surface area contributed by atoms with E-state index < -0.39 is 0 Å². The van der Waals surface area contributed by atoms with Gasteiger partial charge in [-0.1, -0.05) is 12.1 Å². The zero-order chi connectivity index (χ0) is 14.5. The molecule has 0 aliphatic carbocycles. The van der Waals surface area contributed by atoms with Gasteiger partial charge in [0.15, 0.2) is 5.82 Å². The van der Waals surface area contributed by atoms with Crippen LogP contribution in [0.5, 0.6) is 0 Å². The van der Waals surface area contributed by atoms with Crippen molar-refractivity contribution in [3.05, 3.63) is 23.8 Å². The molecule has 0 saturated carbocycles. The molecular formula is C13H19N5O2. The highest BCUT2D eigenvalue weighted by atomic mass is 16.5. The Labute approximate surface area is 117 Å². The maximum absolute atomic E-state index is 6.10. The first-order valence-electron chi connectivity index (χ1n) is 6.30. The Morgan fingerprint density at radius 3 is 2.85 bits per heavy atom.